The molecule has 1 aliphatic rings. The van der Waals surface area contributed by atoms with E-state index < -0.39 is 0 Å². The molecule has 2 rings (SSSR count). The second-order valence-corrected chi connectivity index (χ2v) is 4.61. The van der Waals surface area contributed by atoms with Crippen molar-refractivity contribution in [2.75, 3.05) is 11.9 Å². The summed E-state index contributed by atoms with van der Waals surface area (Å²) in [7, 11) is 0. The summed E-state index contributed by atoms with van der Waals surface area (Å²) < 4.78 is 1.13. The second kappa shape index (κ2) is 3.50. The molecule has 0 amide bonds. The Balaban J connectivity index is 2.63. The predicted octanol–water partition coefficient (Wildman–Crippen LogP) is 3.77. The van der Waals surface area contributed by atoms with Crippen molar-refractivity contribution in [1.29, 1.82) is 0 Å². The quantitative estimate of drug-likeness (QED) is 0.749. The highest BCUT2D eigenvalue weighted by Gasteiger charge is 2.16. The lowest BCUT2D eigenvalue weighted by atomic mass is 10.0. The van der Waals surface area contributed by atoms with Crippen LogP contribution in [0.1, 0.15) is 17.5 Å². The molecule has 1 N–H and O–H groups in total. The van der Waals surface area contributed by atoms with Gasteiger partial charge in [-0.2, -0.15) is 0 Å². The van der Waals surface area contributed by atoms with Gasteiger partial charge < -0.3 is 5.32 Å². The monoisotopic (exact) mass is 259 g/mol. The normalized spacial score (nSPS) is 15.0. The Labute approximate surface area is 91.6 Å². The SMILES string of the molecule is Cc1cc(Br)c2c(c1Cl)CCCN2. The van der Waals surface area contributed by atoms with Crippen molar-refractivity contribution in [1.82, 2.24) is 0 Å². The Hall–Kier alpha value is -0.210. The molecule has 1 heterocycles. The summed E-state index contributed by atoms with van der Waals surface area (Å²) in [5.74, 6) is 0. The van der Waals surface area contributed by atoms with E-state index in [-0.39, 0.29) is 0 Å². The van der Waals surface area contributed by atoms with Gasteiger partial charge in [-0.3, -0.25) is 0 Å². The van der Waals surface area contributed by atoms with Crippen LogP contribution in [0.25, 0.3) is 0 Å². The van der Waals surface area contributed by atoms with Crippen molar-refractivity contribution in [3.63, 3.8) is 0 Å². The summed E-state index contributed by atoms with van der Waals surface area (Å²) in [6, 6.07) is 2.07. The van der Waals surface area contributed by atoms with E-state index in [1.54, 1.807) is 0 Å². The van der Waals surface area contributed by atoms with E-state index in [1.165, 1.54) is 17.7 Å². The highest BCUT2D eigenvalue weighted by molar-refractivity contribution is 9.10. The molecule has 0 atom stereocenters. The standard InChI is InChI=1S/C10H11BrClN/c1-6-5-8(11)10-7(9(6)12)3-2-4-13-10/h5,13H,2-4H2,1H3. The average Bonchev–Trinajstić information content (AvgIpc) is 2.15. The van der Waals surface area contributed by atoms with Gasteiger partial charge in [-0.15, -0.1) is 0 Å². The maximum atomic E-state index is 6.22. The van der Waals surface area contributed by atoms with E-state index in [2.05, 4.69) is 27.3 Å². The highest BCUT2D eigenvalue weighted by Crippen LogP contribution is 2.37. The molecule has 0 bridgehead atoms. The van der Waals surface area contributed by atoms with Crippen LogP contribution in [0.4, 0.5) is 5.69 Å². The summed E-state index contributed by atoms with van der Waals surface area (Å²) in [6.07, 6.45) is 2.25. The predicted molar refractivity (Wildman–Crippen MR) is 60.7 cm³/mol. The molecule has 0 spiro atoms. The van der Waals surface area contributed by atoms with Crippen LogP contribution in [0.15, 0.2) is 10.5 Å². The van der Waals surface area contributed by atoms with Crippen molar-refractivity contribution < 1.29 is 0 Å². The third kappa shape index (κ3) is 1.57. The van der Waals surface area contributed by atoms with Crippen LogP contribution in [-0.2, 0) is 6.42 Å². The molecule has 0 aliphatic carbocycles. The number of nitrogens with one attached hydrogen (secondary N) is 1. The van der Waals surface area contributed by atoms with Crippen LogP contribution < -0.4 is 5.32 Å². The molecule has 1 aromatic carbocycles. The van der Waals surface area contributed by atoms with Gasteiger partial charge in [0.25, 0.3) is 0 Å². The van der Waals surface area contributed by atoms with Crippen molar-refractivity contribution >= 4 is 33.2 Å². The molecule has 13 heavy (non-hydrogen) atoms. The maximum absolute atomic E-state index is 6.22. The van der Waals surface area contributed by atoms with Crippen molar-refractivity contribution in [2.24, 2.45) is 0 Å². The van der Waals surface area contributed by atoms with Crippen LogP contribution in [-0.4, -0.2) is 6.54 Å². The Morgan fingerprint density at radius 1 is 1.54 bits per heavy atom. The van der Waals surface area contributed by atoms with Crippen LogP contribution in [0.3, 0.4) is 0 Å². The van der Waals surface area contributed by atoms with Crippen molar-refractivity contribution in [2.45, 2.75) is 19.8 Å². The summed E-state index contributed by atoms with van der Waals surface area (Å²) in [5, 5.41) is 4.29. The third-order valence-electron chi connectivity index (χ3n) is 2.40. The Morgan fingerprint density at radius 3 is 3.08 bits per heavy atom. The average molecular weight is 261 g/mol. The van der Waals surface area contributed by atoms with E-state index in [1.807, 2.05) is 6.92 Å². The summed E-state index contributed by atoms with van der Waals surface area (Å²) >= 11 is 9.77. The molecule has 1 aliphatic heterocycles. The summed E-state index contributed by atoms with van der Waals surface area (Å²) in [5.41, 5.74) is 3.60. The summed E-state index contributed by atoms with van der Waals surface area (Å²) in [4.78, 5) is 0. The fourth-order valence-corrected chi connectivity index (χ4v) is 2.69. The van der Waals surface area contributed by atoms with Gasteiger partial charge in [-0.1, -0.05) is 11.6 Å². The van der Waals surface area contributed by atoms with Crippen LogP contribution in [0.5, 0.6) is 0 Å². The largest absolute Gasteiger partial charge is 0.384 e. The fraction of sp³-hybridized carbons (Fsp3) is 0.400. The first-order valence-electron chi connectivity index (χ1n) is 4.41. The third-order valence-corrected chi connectivity index (χ3v) is 3.55. The van der Waals surface area contributed by atoms with Crippen LogP contribution in [0.2, 0.25) is 5.02 Å². The van der Waals surface area contributed by atoms with Crippen molar-refractivity contribution in [3.8, 4) is 0 Å². The number of aryl methyl sites for hydroxylation is 1. The lowest BCUT2D eigenvalue weighted by molar-refractivity contribution is 0.827. The van der Waals surface area contributed by atoms with Gasteiger partial charge in [0.15, 0.2) is 0 Å². The van der Waals surface area contributed by atoms with E-state index >= 15 is 0 Å². The van der Waals surface area contributed by atoms with Crippen molar-refractivity contribution in [3.05, 3.63) is 26.7 Å². The molecule has 70 valence electrons. The summed E-state index contributed by atoms with van der Waals surface area (Å²) in [6.45, 7) is 3.09. The van der Waals surface area contributed by atoms with Crippen LogP contribution in [0, 0.1) is 6.92 Å². The number of benzene rings is 1. The molecule has 0 aromatic heterocycles. The zero-order valence-corrected chi connectivity index (χ0v) is 9.80. The zero-order chi connectivity index (χ0) is 9.42. The maximum Gasteiger partial charge on any atom is 0.0532 e. The minimum absolute atomic E-state index is 0.922. The number of halogens is 2. The minimum atomic E-state index is 0.922. The van der Waals surface area contributed by atoms with Gasteiger partial charge in [0, 0.05) is 16.0 Å². The molecule has 0 saturated heterocycles. The van der Waals surface area contributed by atoms with E-state index in [0.717, 1.165) is 28.0 Å². The van der Waals surface area contributed by atoms with Gasteiger partial charge in [-0.25, -0.2) is 0 Å². The molecule has 1 aromatic rings. The van der Waals surface area contributed by atoms with E-state index in [0.29, 0.717) is 0 Å². The van der Waals surface area contributed by atoms with Gasteiger partial charge in [0.2, 0.25) is 0 Å². The number of hydrogen-bond acceptors (Lipinski definition) is 1. The first kappa shape index (κ1) is 9.35. The number of hydrogen-bond donors (Lipinski definition) is 1. The first-order chi connectivity index (χ1) is 6.20. The Bertz CT molecular complexity index is 349. The molecular formula is C10H11BrClN. The molecule has 3 heteroatoms. The molecular weight excluding hydrogens is 249 g/mol. The van der Waals surface area contributed by atoms with Gasteiger partial charge in [0.05, 0.1) is 5.69 Å². The Kier molecular flexibility index (Phi) is 2.52. The van der Waals surface area contributed by atoms with E-state index in [4.69, 9.17) is 11.6 Å². The lowest BCUT2D eigenvalue weighted by Crippen LogP contribution is -2.13. The lowest BCUT2D eigenvalue weighted by Gasteiger charge is -2.21. The molecule has 0 saturated carbocycles. The van der Waals surface area contributed by atoms with Crippen LogP contribution >= 0.6 is 27.5 Å². The Morgan fingerprint density at radius 2 is 2.31 bits per heavy atom. The molecule has 0 unspecified atom stereocenters. The smallest absolute Gasteiger partial charge is 0.0532 e. The zero-order valence-electron chi connectivity index (χ0n) is 7.45. The fourth-order valence-electron chi connectivity index (χ4n) is 1.72. The van der Waals surface area contributed by atoms with Gasteiger partial charge in [0.1, 0.15) is 0 Å². The van der Waals surface area contributed by atoms with Gasteiger partial charge in [-0.05, 0) is 52.9 Å². The number of anilines is 1. The first-order valence-corrected chi connectivity index (χ1v) is 5.58. The molecule has 1 nitrogen and oxygen atoms in total. The number of rotatable bonds is 0. The second-order valence-electron chi connectivity index (χ2n) is 3.37. The molecule has 0 fully saturated rings. The molecule has 0 radical (unpaired) electrons. The highest BCUT2D eigenvalue weighted by atomic mass is 79.9. The topological polar surface area (TPSA) is 12.0 Å². The number of fused-ring (bicyclic) bond motifs is 1. The van der Waals surface area contributed by atoms with Gasteiger partial charge >= 0.3 is 0 Å². The minimum Gasteiger partial charge on any atom is -0.384 e. The van der Waals surface area contributed by atoms with E-state index in [9.17, 15) is 0 Å².